The lowest BCUT2D eigenvalue weighted by atomic mass is 9.93. The highest BCUT2D eigenvalue weighted by Crippen LogP contribution is 2.18. The van der Waals surface area contributed by atoms with Gasteiger partial charge in [0.15, 0.2) is 0 Å². The van der Waals surface area contributed by atoms with Crippen LogP contribution < -0.4 is 0 Å². The molecule has 0 aliphatic carbocycles. The van der Waals surface area contributed by atoms with E-state index in [2.05, 4.69) is 53.4 Å². The van der Waals surface area contributed by atoms with Crippen LogP contribution in [0, 0.1) is 22.7 Å². The second-order valence-corrected chi connectivity index (χ2v) is 7.29. The molecule has 0 N–H and O–H groups in total. The fraction of sp³-hybridized carbons (Fsp3) is 0.882. The van der Waals surface area contributed by atoms with Gasteiger partial charge in [-0.3, -0.25) is 0 Å². The summed E-state index contributed by atoms with van der Waals surface area (Å²) in [7, 11) is 0. The molecule has 0 aromatic heterocycles. The highest BCUT2D eigenvalue weighted by molar-refractivity contribution is 5.06. The van der Waals surface area contributed by atoms with Gasteiger partial charge in [-0.1, -0.05) is 33.1 Å². The smallest absolute Gasteiger partial charge is 0.0471 e. The van der Waals surface area contributed by atoms with Crippen LogP contribution in [0.2, 0.25) is 0 Å². The SMILES string of the molecule is CC(C)(C)C#CCCCCCOCCC(C)(C)C. The van der Waals surface area contributed by atoms with E-state index in [0.29, 0.717) is 5.41 Å². The third kappa shape index (κ3) is 15.5. The van der Waals surface area contributed by atoms with Crippen LogP contribution in [-0.4, -0.2) is 13.2 Å². The number of rotatable bonds is 7. The Morgan fingerprint density at radius 3 is 2.06 bits per heavy atom. The van der Waals surface area contributed by atoms with E-state index >= 15 is 0 Å². The van der Waals surface area contributed by atoms with Crippen LogP contribution in [0.15, 0.2) is 0 Å². The van der Waals surface area contributed by atoms with Crippen molar-refractivity contribution < 1.29 is 4.74 Å². The number of hydrogen-bond donors (Lipinski definition) is 0. The molecule has 0 aliphatic rings. The standard InChI is InChI=1S/C17H32O/c1-16(2,3)12-10-8-7-9-11-14-18-15-13-17(4,5)6/h7-9,11,13-15H2,1-6H3. The van der Waals surface area contributed by atoms with Crippen molar-refractivity contribution in [2.45, 2.75) is 73.6 Å². The largest absolute Gasteiger partial charge is 0.381 e. The van der Waals surface area contributed by atoms with Crippen molar-refractivity contribution in [2.24, 2.45) is 10.8 Å². The van der Waals surface area contributed by atoms with Gasteiger partial charge in [0, 0.05) is 25.0 Å². The van der Waals surface area contributed by atoms with Gasteiger partial charge in [0.05, 0.1) is 0 Å². The van der Waals surface area contributed by atoms with Crippen LogP contribution in [0.4, 0.5) is 0 Å². The molecule has 0 bridgehead atoms. The summed E-state index contributed by atoms with van der Waals surface area (Å²) in [5.74, 6) is 6.52. The minimum Gasteiger partial charge on any atom is -0.381 e. The Kier molecular flexibility index (Phi) is 8.36. The summed E-state index contributed by atoms with van der Waals surface area (Å²) in [6.07, 6.45) is 5.77. The van der Waals surface area contributed by atoms with Gasteiger partial charge in [0.25, 0.3) is 0 Å². The van der Waals surface area contributed by atoms with E-state index in [-0.39, 0.29) is 5.41 Å². The van der Waals surface area contributed by atoms with Crippen LogP contribution in [0.1, 0.15) is 73.6 Å². The summed E-state index contributed by atoms with van der Waals surface area (Å²) in [6, 6.07) is 0. The van der Waals surface area contributed by atoms with Crippen molar-refractivity contribution in [3.8, 4) is 11.8 Å². The summed E-state index contributed by atoms with van der Waals surface area (Å²) in [5.41, 5.74) is 0.540. The molecule has 0 saturated heterocycles. The maximum absolute atomic E-state index is 5.63. The lowest BCUT2D eigenvalue weighted by Crippen LogP contribution is -2.09. The summed E-state index contributed by atoms with van der Waals surface area (Å²) in [5, 5.41) is 0. The third-order valence-corrected chi connectivity index (χ3v) is 2.55. The Morgan fingerprint density at radius 2 is 1.50 bits per heavy atom. The van der Waals surface area contributed by atoms with Crippen LogP contribution in [0.25, 0.3) is 0 Å². The lowest BCUT2D eigenvalue weighted by molar-refractivity contribution is 0.105. The first-order valence-corrected chi connectivity index (χ1v) is 7.28. The molecule has 0 rings (SSSR count). The van der Waals surface area contributed by atoms with E-state index in [0.717, 1.165) is 26.1 Å². The van der Waals surface area contributed by atoms with Crippen LogP contribution in [0.5, 0.6) is 0 Å². The molecular formula is C17H32O. The zero-order chi connectivity index (χ0) is 14.1. The van der Waals surface area contributed by atoms with Gasteiger partial charge in [-0.2, -0.15) is 0 Å². The molecule has 0 radical (unpaired) electrons. The van der Waals surface area contributed by atoms with Gasteiger partial charge in [0.2, 0.25) is 0 Å². The molecule has 0 aromatic rings. The maximum Gasteiger partial charge on any atom is 0.0471 e. The highest BCUT2D eigenvalue weighted by Gasteiger charge is 2.08. The van der Waals surface area contributed by atoms with Gasteiger partial charge >= 0.3 is 0 Å². The first-order valence-electron chi connectivity index (χ1n) is 7.28. The van der Waals surface area contributed by atoms with Gasteiger partial charge in [-0.05, 0) is 45.4 Å². The Labute approximate surface area is 115 Å². The van der Waals surface area contributed by atoms with E-state index in [4.69, 9.17) is 4.74 Å². The molecule has 0 aromatic carbocycles. The Hall–Kier alpha value is -0.480. The van der Waals surface area contributed by atoms with Crippen LogP contribution in [0.3, 0.4) is 0 Å². The minimum atomic E-state index is 0.149. The first-order chi connectivity index (χ1) is 8.21. The molecule has 18 heavy (non-hydrogen) atoms. The molecule has 106 valence electrons. The quantitative estimate of drug-likeness (QED) is 0.455. The van der Waals surface area contributed by atoms with E-state index in [1.165, 1.54) is 19.3 Å². The van der Waals surface area contributed by atoms with Crippen LogP contribution in [-0.2, 0) is 4.74 Å². The van der Waals surface area contributed by atoms with Crippen molar-refractivity contribution in [3.05, 3.63) is 0 Å². The summed E-state index contributed by atoms with van der Waals surface area (Å²) in [6.45, 7) is 15.0. The van der Waals surface area contributed by atoms with E-state index in [9.17, 15) is 0 Å². The summed E-state index contributed by atoms with van der Waals surface area (Å²) >= 11 is 0. The Balaban J connectivity index is 3.29. The van der Waals surface area contributed by atoms with Crippen LogP contribution >= 0.6 is 0 Å². The zero-order valence-electron chi connectivity index (χ0n) is 13.4. The molecule has 0 aliphatic heterocycles. The van der Waals surface area contributed by atoms with Crippen molar-refractivity contribution in [3.63, 3.8) is 0 Å². The molecule has 0 saturated carbocycles. The minimum absolute atomic E-state index is 0.149. The third-order valence-electron chi connectivity index (χ3n) is 2.55. The highest BCUT2D eigenvalue weighted by atomic mass is 16.5. The van der Waals surface area contributed by atoms with E-state index in [1.807, 2.05) is 0 Å². The molecule has 0 amide bonds. The molecule has 1 nitrogen and oxygen atoms in total. The molecule has 1 heteroatoms. The zero-order valence-corrected chi connectivity index (χ0v) is 13.4. The molecule has 0 atom stereocenters. The first kappa shape index (κ1) is 17.5. The fourth-order valence-electron chi connectivity index (χ4n) is 1.40. The summed E-state index contributed by atoms with van der Waals surface area (Å²) < 4.78 is 5.63. The van der Waals surface area contributed by atoms with Crippen molar-refractivity contribution in [2.75, 3.05) is 13.2 Å². The molecule has 0 heterocycles. The normalized spacial score (nSPS) is 12.1. The van der Waals surface area contributed by atoms with Gasteiger partial charge < -0.3 is 4.74 Å². The molecule has 0 spiro atoms. The average molecular weight is 252 g/mol. The topological polar surface area (TPSA) is 9.23 Å². The average Bonchev–Trinajstić information content (AvgIpc) is 2.17. The van der Waals surface area contributed by atoms with Crippen molar-refractivity contribution >= 4 is 0 Å². The van der Waals surface area contributed by atoms with Crippen molar-refractivity contribution in [1.82, 2.24) is 0 Å². The van der Waals surface area contributed by atoms with Gasteiger partial charge in [-0.15, -0.1) is 5.92 Å². The number of ether oxygens (including phenoxy) is 1. The van der Waals surface area contributed by atoms with Gasteiger partial charge in [0.1, 0.15) is 0 Å². The molecular weight excluding hydrogens is 220 g/mol. The molecule has 0 fully saturated rings. The number of hydrogen-bond acceptors (Lipinski definition) is 1. The second kappa shape index (κ2) is 8.59. The van der Waals surface area contributed by atoms with Gasteiger partial charge in [-0.25, -0.2) is 0 Å². The van der Waals surface area contributed by atoms with E-state index in [1.54, 1.807) is 0 Å². The monoisotopic (exact) mass is 252 g/mol. The Morgan fingerprint density at radius 1 is 0.833 bits per heavy atom. The Bertz CT molecular complexity index is 254. The second-order valence-electron chi connectivity index (χ2n) is 7.29. The van der Waals surface area contributed by atoms with E-state index < -0.39 is 0 Å². The number of unbranched alkanes of at least 4 members (excludes halogenated alkanes) is 3. The van der Waals surface area contributed by atoms with Crippen molar-refractivity contribution in [1.29, 1.82) is 0 Å². The summed E-state index contributed by atoms with van der Waals surface area (Å²) in [4.78, 5) is 0. The predicted octanol–water partition coefficient (Wildman–Crippen LogP) is 5.05. The lowest BCUT2D eigenvalue weighted by Gasteiger charge is -2.17. The maximum atomic E-state index is 5.63. The fourth-order valence-corrected chi connectivity index (χ4v) is 1.40. The molecule has 0 unspecified atom stereocenters. The predicted molar refractivity (Wildman–Crippen MR) is 80.6 cm³/mol.